The van der Waals surface area contributed by atoms with Crippen LogP contribution in [0.5, 0.6) is 11.5 Å². The van der Waals surface area contributed by atoms with E-state index in [1.165, 1.54) is 23.8 Å². The summed E-state index contributed by atoms with van der Waals surface area (Å²) >= 11 is 0. The van der Waals surface area contributed by atoms with Crippen molar-refractivity contribution in [1.82, 2.24) is 5.32 Å². The second kappa shape index (κ2) is 10.4. The Morgan fingerprint density at radius 2 is 1.70 bits per heavy atom. The summed E-state index contributed by atoms with van der Waals surface area (Å²) in [4.78, 5) is 11.9. The summed E-state index contributed by atoms with van der Waals surface area (Å²) < 4.78 is 0. The van der Waals surface area contributed by atoms with Crippen molar-refractivity contribution >= 4 is 5.78 Å². The van der Waals surface area contributed by atoms with Crippen molar-refractivity contribution in [3.63, 3.8) is 0 Å². The summed E-state index contributed by atoms with van der Waals surface area (Å²) in [5.41, 5.74) is 1.68. The van der Waals surface area contributed by atoms with Crippen LogP contribution in [0.15, 0.2) is 48.5 Å². The SMILES string of the molecule is CC.O=C(CNCCCc1ccccc1)c1ccc(O)c(O)c1. The van der Waals surface area contributed by atoms with Crippen LogP contribution in [0.3, 0.4) is 0 Å². The highest BCUT2D eigenvalue weighted by atomic mass is 16.3. The Labute approximate surface area is 137 Å². The molecule has 0 saturated carbocycles. The number of rotatable bonds is 7. The van der Waals surface area contributed by atoms with Crippen molar-refractivity contribution in [2.45, 2.75) is 26.7 Å². The van der Waals surface area contributed by atoms with Crippen LogP contribution in [0.1, 0.15) is 36.2 Å². The van der Waals surface area contributed by atoms with Gasteiger partial charge in [0.25, 0.3) is 0 Å². The lowest BCUT2D eigenvalue weighted by Gasteiger charge is -2.06. The highest BCUT2D eigenvalue weighted by Gasteiger charge is 2.08. The number of ketones is 1. The lowest BCUT2D eigenvalue weighted by molar-refractivity contribution is 0.0991. The molecule has 0 atom stereocenters. The Balaban J connectivity index is 0.00000127. The van der Waals surface area contributed by atoms with Gasteiger partial charge in [0, 0.05) is 5.56 Å². The first-order valence-corrected chi connectivity index (χ1v) is 7.96. The number of benzene rings is 2. The number of aromatic hydroxyl groups is 2. The monoisotopic (exact) mass is 315 g/mol. The Hall–Kier alpha value is -2.33. The third-order valence-electron chi connectivity index (χ3n) is 3.24. The van der Waals surface area contributed by atoms with E-state index in [-0.39, 0.29) is 23.8 Å². The fourth-order valence-electron chi connectivity index (χ4n) is 2.06. The number of hydrogen-bond donors (Lipinski definition) is 3. The first-order chi connectivity index (χ1) is 11.2. The Morgan fingerprint density at radius 3 is 2.35 bits per heavy atom. The average molecular weight is 315 g/mol. The Kier molecular flexibility index (Phi) is 8.47. The normalized spacial score (nSPS) is 9.83. The van der Waals surface area contributed by atoms with Gasteiger partial charge in [-0.05, 0) is 43.1 Å². The molecule has 23 heavy (non-hydrogen) atoms. The summed E-state index contributed by atoms with van der Waals surface area (Å²) in [5, 5.41) is 21.7. The maximum Gasteiger partial charge on any atom is 0.176 e. The van der Waals surface area contributed by atoms with Gasteiger partial charge in [-0.1, -0.05) is 44.2 Å². The van der Waals surface area contributed by atoms with E-state index in [0.29, 0.717) is 5.56 Å². The zero-order valence-electron chi connectivity index (χ0n) is 13.7. The minimum atomic E-state index is -0.273. The minimum Gasteiger partial charge on any atom is -0.504 e. The van der Waals surface area contributed by atoms with Gasteiger partial charge >= 0.3 is 0 Å². The van der Waals surface area contributed by atoms with Crippen molar-refractivity contribution in [1.29, 1.82) is 0 Å². The van der Waals surface area contributed by atoms with E-state index >= 15 is 0 Å². The third-order valence-corrected chi connectivity index (χ3v) is 3.24. The minimum absolute atomic E-state index is 0.106. The van der Waals surface area contributed by atoms with Crippen LogP contribution < -0.4 is 5.32 Å². The van der Waals surface area contributed by atoms with Crippen molar-refractivity contribution in [2.24, 2.45) is 0 Å². The van der Waals surface area contributed by atoms with Gasteiger partial charge in [0.1, 0.15) is 0 Å². The molecule has 4 heteroatoms. The van der Waals surface area contributed by atoms with Gasteiger partial charge < -0.3 is 15.5 Å². The van der Waals surface area contributed by atoms with Gasteiger partial charge in [0.15, 0.2) is 17.3 Å². The zero-order chi connectivity index (χ0) is 17.1. The second-order valence-corrected chi connectivity index (χ2v) is 4.89. The molecule has 0 heterocycles. The fraction of sp³-hybridized carbons (Fsp3) is 0.316. The number of carbonyl (C=O) groups excluding carboxylic acids is 1. The van der Waals surface area contributed by atoms with E-state index in [4.69, 9.17) is 0 Å². The largest absolute Gasteiger partial charge is 0.504 e. The molecule has 4 nitrogen and oxygen atoms in total. The maximum absolute atomic E-state index is 11.9. The molecule has 0 bridgehead atoms. The lowest BCUT2D eigenvalue weighted by atomic mass is 10.1. The second-order valence-electron chi connectivity index (χ2n) is 4.89. The van der Waals surface area contributed by atoms with E-state index in [1.54, 1.807) is 0 Å². The van der Waals surface area contributed by atoms with Gasteiger partial charge in [-0.15, -0.1) is 0 Å². The quantitative estimate of drug-likeness (QED) is 0.415. The molecule has 0 amide bonds. The number of phenols is 2. The van der Waals surface area contributed by atoms with Crippen LogP contribution in [-0.2, 0) is 6.42 Å². The highest BCUT2D eigenvalue weighted by Crippen LogP contribution is 2.24. The predicted molar refractivity (Wildman–Crippen MR) is 93.1 cm³/mol. The van der Waals surface area contributed by atoms with Crippen molar-refractivity contribution in [2.75, 3.05) is 13.1 Å². The van der Waals surface area contributed by atoms with Gasteiger partial charge in [-0.3, -0.25) is 4.79 Å². The molecular weight excluding hydrogens is 290 g/mol. The van der Waals surface area contributed by atoms with E-state index in [2.05, 4.69) is 17.4 Å². The van der Waals surface area contributed by atoms with Crippen LogP contribution in [0.25, 0.3) is 0 Å². The standard InChI is InChI=1S/C17H19NO3.C2H6/c19-15-9-8-14(11-16(15)20)17(21)12-18-10-4-7-13-5-2-1-3-6-13;1-2/h1-3,5-6,8-9,11,18-20H,4,7,10,12H2;1-2H3. The van der Waals surface area contributed by atoms with Gasteiger partial charge in [0.2, 0.25) is 0 Å². The molecule has 0 aliphatic rings. The number of phenolic OH excluding ortho intramolecular Hbond substituents is 2. The van der Waals surface area contributed by atoms with Crippen LogP contribution in [0, 0.1) is 0 Å². The van der Waals surface area contributed by atoms with Gasteiger partial charge in [-0.25, -0.2) is 0 Å². The zero-order valence-corrected chi connectivity index (χ0v) is 13.7. The van der Waals surface area contributed by atoms with Crippen molar-refractivity contribution < 1.29 is 15.0 Å². The van der Waals surface area contributed by atoms with E-state index in [0.717, 1.165) is 19.4 Å². The van der Waals surface area contributed by atoms with Crippen LogP contribution in [-0.4, -0.2) is 29.1 Å². The molecular formula is C19H25NO3. The molecule has 2 aromatic carbocycles. The van der Waals surface area contributed by atoms with Crippen LogP contribution >= 0.6 is 0 Å². The number of nitrogens with one attached hydrogen (secondary N) is 1. The first kappa shape index (κ1) is 18.7. The fourth-order valence-corrected chi connectivity index (χ4v) is 2.06. The molecule has 2 aromatic rings. The smallest absolute Gasteiger partial charge is 0.176 e. The topological polar surface area (TPSA) is 69.6 Å². The molecule has 2 rings (SSSR count). The number of aryl methyl sites for hydroxylation is 1. The molecule has 124 valence electrons. The van der Waals surface area contributed by atoms with Crippen molar-refractivity contribution in [3.8, 4) is 11.5 Å². The van der Waals surface area contributed by atoms with Gasteiger partial charge in [0.05, 0.1) is 6.54 Å². The lowest BCUT2D eigenvalue weighted by Crippen LogP contribution is -2.24. The van der Waals surface area contributed by atoms with Crippen molar-refractivity contribution in [3.05, 3.63) is 59.7 Å². The highest BCUT2D eigenvalue weighted by molar-refractivity contribution is 5.98. The maximum atomic E-state index is 11.9. The van der Waals surface area contributed by atoms with Crippen LogP contribution in [0.2, 0.25) is 0 Å². The Morgan fingerprint density at radius 1 is 1.00 bits per heavy atom. The Bertz CT molecular complexity index is 597. The molecule has 0 aromatic heterocycles. The number of Topliss-reactive ketones (excluding diaryl/α,β-unsaturated/α-hetero) is 1. The van der Waals surface area contributed by atoms with E-state index < -0.39 is 0 Å². The third kappa shape index (κ3) is 6.53. The molecule has 0 spiro atoms. The van der Waals surface area contributed by atoms with Crippen LogP contribution in [0.4, 0.5) is 0 Å². The first-order valence-electron chi connectivity index (χ1n) is 7.96. The number of hydrogen-bond acceptors (Lipinski definition) is 4. The summed E-state index contributed by atoms with van der Waals surface area (Å²) in [7, 11) is 0. The summed E-state index contributed by atoms with van der Waals surface area (Å²) in [6.45, 7) is 4.98. The predicted octanol–water partition coefficient (Wildman–Crippen LogP) is 3.53. The van der Waals surface area contributed by atoms with Gasteiger partial charge in [-0.2, -0.15) is 0 Å². The molecule has 0 unspecified atom stereocenters. The molecule has 0 fully saturated rings. The molecule has 0 radical (unpaired) electrons. The summed E-state index contributed by atoms with van der Waals surface area (Å²) in [6, 6.07) is 14.3. The molecule has 0 saturated heterocycles. The average Bonchev–Trinajstić information content (AvgIpc) is 2.59. The molecule has 0 aliphatic carbocycles. The van der Waals surface area contributed by atoms with E-state index in [9.17, 15) is 15.0 Å². The number of carbonyl (C=O) groups is 1. The summed E-state index contributed by atoms with van der Waals surface area (Å²) in [6.07, 6.45) is 1.93. The molecule has 0 aliphatic heterocycles. The summed E-state index contributed by atoms with van der Waals surface area (Å²) in [5.74, 6) is -0.600. The van der Waals surface area contributed by atoms with E-state index in [1.807, 2.05) is 32.0 Å². The molecule has 3 N–H and O–H groups in total.